The summed E-state index contributed by atoms with van der Waals surface area (Å²) in [6, 6.07) is 7.15. The van der Waals surface area contributed by atoms with Crippen molar-refractivity contribution >= 4 is 28.3 Å². The summed E-state index contributed by atoms with van der Waals surface area (Å²) in [5, 5.41) is 10.6. The number of likely N-dealkylation sites (tertiary alicyclic amines) is 1. The number of piperidine rings is 1. The number of aliphatic carboxylic acids is 1. The number of nitrogens with zero attached hydrogens (tertiary/aromatic N) is 2. The Morgan fingerprint density at radius 1 is 1.27 bits per heavy atom. The van der Waals surface area contributed by atoms with E-state index in [1.807, 2.05) is 6.07 Å². The van der Waals surface area contributed by atoms with Crippen LogP contribution in [0.2, 0.25) is 0 Å². The smallest absolute Gasteiger partial charge is 0.308 e. The van der Waals surface area contributed by atoms with Crippen LogP contribution in [-0.2, 0) is 4.79 Å². The van der Waals surface area contributed by atoms with Crippen molar-refractivity contribution < 1.29 is 14.7 Å². The molecule has 0 bridgehead atoms. The second-order valence-electron chi connectivity index (χ2n) is 5.53. The molecule has 6 nitrogen and oxygen atoms in total. The number of pyridine rings is 1. The van der Waals surface area contributed by atoms with E-state index in [2.05, 4.69) is 4.98 Å². The summed E-state index contributed by atoms with van der Waals surface area (Å²) in [4.78, 5) is 29.6. The number of amides is 1. The number of anilines is 1. The Labute approximate surface area is 127 Å². The van der Waals surface area contributed by atoms with Gasteiger partial charge >= 0.3 is 5.97 Å². The van der Waals surface area contributed by atoms with E-state index in [4.69, 9.17) is 10.8 Å². The third-order valence-electron chi connectivity index (χ3n) is 4.10. The Bertz CT molecular complexity index is 744. The SMILES string of the molecule is Nc1cccc2c(C(=O)N3CCCC(C(=O)O)C3)nccc12. The van der Waals surface area contributed by atoms with Crippen LogP contribution < -0.4 is 5.73 Å². The van der Waals surface area contributed by atoms with Gasteiger partial charge in [0.05, 0.1) is 5.92 Å². The number of rotatable bonds is 2. The molecule has 1 saturated heterocycles. The molecule has 1 aliphatic rings. The molecule has 0 aliphatic carbocycles. The standard InChI is InChI=1S/C16H17N3O3/c17-13-5-1-4-12-11(13)6-7-18-14(12)15(20)19-8-2-3-10(9-19)16(21)22/h1,4-7,10H,2-3,8-9,17H2,(H,21,22). The van der Waals surface area contributed by atoms with Gasteiger partial charge in [-0.15, -0.1) is 0 Å². The minimum absolute atomic E-state index is 0.231. The Balaban J connectivity index is 1.95. The van der Waals surface area contributed by atoms with E-state index in [0.29, 0.717) is 36.2 Å². The molecule has 1 atom stereocenters. The Kier molecular flexibility index (Phi) is 3.66. The van der Waals surface area contributed by atoms with E-state index >= 15 is 0 Å². The predicted molar refractivity (Wildman–Crippen MR) is 82.4 cm³/mol. The molecule has 1 aromatic carbocycles. The highest BCUT2D eigenvalue weighted by Crippen LogP contribution is 2.25. The van der Waals surface area contributed by atoms with E-state index in [0.717, 1.165) is 5.39 Å². The lowest BCUT2D eigenvalue weighted by molar-refractivity contribution is -0.143. The molecule has 1 amide bonds. The molecule has 2 aromatic rings. The minimum Gasteiger partial charge on any atom is -0.481 e. The van der Waals surface area contributed by atoms with Crippen molar-refractivity contribution in [1.29, 1.82) is 0 Å². The van der Waals surface area contributed by atoms with Crippen LogP contribution in [-0.4, -0.2) is 40.0 Å². The van der Waals surface area contributed by atoms with Crippen molar-refractivity contribution in [3.8, 4) is 0 Å². The fourth-order valence-corrected chi connectivity index (χ4v) is 2.91. The minimum atomic E-state index is -0.854. The van der Waals surface area contributed by atoms with Crippen LogP contribution in [0.5, 0.6) is 0 Å². The van der Waals surface area contributed by atoms with E-state index < -0.39 is 11.9 Å². The van der Waals surface area contributed by atoms with Gasteiger partial charge < -0.3 is 15.7 Å². The summed E-state index contributed by atoms with van der Waals surface area (Å²) in [6.07, 6.45) is 2.86. The lowest BCUT2D eigenvalue weighted by Crippen LogP contribution is -2.42. The number of nitrogens with two attached hydrogens (primary N) is 1. The second-order valence-corrected chi connectivity index (χ2v) is 5.53. The average molecular weight is 299 g/mol. The zero-order valence-electron chi connectivity index (χ0n) is 12.0. The first-order valence-corrected chi connectivity index (χ1v) is 7.23. The lowest BCUT2D eigenvalue weighted by Gasteiger charge is -2.30. The van der Waals surface area contributed by atoms with Crippen molar-refractivity contribution in [2.75, 3.05) is 18.8 Å². The average Bonchev–Trinajstić information content (AvgIpc) is 2.54. The third-order valence-corrected chi connectivity index (χ3v) is 4.10. The van der Waals surface area contributed by atoms with Gasteiger partial charge in [0, 0.05) is 35.7 Å². The number of benzene rings is 1. The van der Waals surface area contributed by atoms with Crippen LogP contribution >= 0.6 is 0 Å². The van der Waals surface area contributed by atoms with Gasteiger partial charge in [0.2, 0.25) is 0 Å². The second kappa shape index (κ2) is 5.63. The Hall–Kier alpha value is -2.63. The number of aromatic nitrogens is 1. The van der Waals surface area contributed by atoms with Crippen molar-refractivity contribution in [2.24, 2.45) is 5.92 Å². The summed E-state index contributed by atoms with van der Waals surface area (Å²) >= 11 is 0. The fraction of sp³-hybridized carbons (Fsp3) is 0.312. The summed E-state index contributed by atoms with van der Waals surface area (Å²) in [5.74, 6) is -1.59. The molecule has 3 N–H and O–H groups in total. The molecule has 0 saturated carbocycles. The molecular formula is C16H17N3O3. The number of carbonyl (C=O) groups is 2. The van der Waals surface area contributed by atoms with Gasteiger partial charge in [-0.2, -0.15) is 0 Å². The molecule has 0 radical (unpaired) electrons. The van der Waals surface area contributed by atoms with Crippen molar-refractivity contribution in [1.82, 2.24) is 9.88 Å². The Morgan fingerprint density at radius 3 is 2.86 bits per heavy atom. The molecule has 114 valence electrons. The quantitative estimate of drug-likeness (QED) is 0.824. The molecule has 22 heavy (non-hydrogen) atoms. The maximum Gasteiger partial charge on any atom is 0.308 e. The molecule has 0 spiro atoms. The van der Waals surface area contributed by atoms with Gasteiger partial charge in [-0.3, -0.25) is 14.6 Å². The third kappa shape index (κ3) is 2.47. The van der Waals surface area contributed by atoms with Crippen LogP contribution in [0, 0.1) is 5.92 Å². The number of hydrogen-bond acceptors (Lipinski definition) is 4. The summed E-state index contributed by atoms with van der Waals surface area (Å²) in [6.45, 7) is 0.789. The molecule has 6 heteroatoms. The van der Waals surface area contributed by atoms with Crippen LogP contribution in [0.3, 0.4) is 0 Å². The molecule has 1 aromatic heterocycles. The maximum atomic E-state index is 12.7. The van der Waals surface area contributed by atoms with Gasteiger partial charge in [0.25, 0.3) is 5.91 Å². The predicted octanol–water partition coefficient (Wildman–Crippen LogP) is 1.75. The molecular weight excluding hydrogens is 282 g/mol. The number of fused-ring (bicyclic) bond motifs is 1. The first-order valence-electron chi connectivity index (χ1n) is 7.23. The van der Waals surface area contributed by atoms with Crippen LogP contribution in [0.25, 0.3) is 10.8 Å². The molecule has 1 unspecified atom stereocenters. The number of carboxylic acid groups (broad SMARTS) is 1. The van der Waals surface area contributed by atoms with Crippen LogP contribution in [0.15, 0.2) is 30.5 Å². The maximum absolute atomic E-state index is 12.7. The van der Waals surface area contributed by atoms with Gasteiger partial charge in [0.1, 0.15) is 5.69 Å². The van der Waals surface area contributed by atoms with E-state index in [-0.39, 0.29) is 12.5 Å². The first kappa shape index (κ1) is 14.3. The van der Waals surface area contributed by atoms with Gasteiger partial charge in [-0.1, -0.05) is 12.1 Å². The molecule has 2 heterocycles. The highest BCUT2D eigenvalue weighted by atomic mass is 16.4. The number of carbonyl (C=O) groups excluding carboxylic acids is 1. The number of nitrogen functional groups attached to an aromatic ring is 1. The van der Waals surface area contributed by atoms with Gasteiger partial charge in [0.15, 0.2) is 0 Å². The van der Waals surface area contributed by atoms with E-state index in [1.165, 1.54) is 0 Å². The van der Waals surface area contributed by atoms with Gasteiger partial charge in [-0.05, 0) is 25.0 Å². The molecule has 1 aliphatic heterocycles. The highest BCUT2D eigenvalue weighted by molar-refractivity contribution is 6.08. The largest absolute Gasteiger partial charge is 0.481 e. The summed E-state index contributed by atoms with van der Waals surface area (Å²) in [5.41, 5.74) is 6.86. The first-order chi connectivity index (χ1) is 10.6. The summed E-state index contributed by atoms with van der Waals surface area (Å²) in [7, 11) is 0. The van der Waals surface area contributed by atoms with Crippen LogP contribution in [0.4, 0.5) is 5.69 Å². The topological polar surface area (TPSA) is 96.5 Å². The number of carboxylic acids is 1. The van der Waals surface area contributed by atoms with Crippen LogP contribution in [0.1, 0.15) is 23.3 Å². The Morgan fingerprint density at radius 2 is 2.09 bits per heavy atom. The zero-order valence-corrected chi connectivity index (χ0v) is 12.0. The van der Waals surface area contributed by atoms with Gasteiger partial charge in [-0.25, -0.2) is 0 Å². The van der Waals surface area contributed by atoms with Crippen molar-refractivity contribution in [3.05, 3.63) is 36.2 Å². The fourth-order valence-electron chi connectivity index (χ4n) is 2.91. The highest BCUT2D eigenvalue weighted by Gasteiger charge is 2.29. The van der Waals surface area contributed by atoms with Crippen molar-refractivity contribution in [3.63, 3.8) is 0 Å². The van der Waals surface area contributed by atoms with E-state index in [1.54, 1.807) is 29.3 Å². The van der Waals surface area contributed by atoms with Crippen molar-refractivity contribution in [2.45, 2.75) is 12.8 Å². The molecule has 1 fully saturated rings. The molecule has 3 rings (SSSR count). The van der Waals surface area contributed by atoms with E-state index in [9.17, 15) is 9.59 Å². The lowest BCUT2D eigenvalue weighted by atomic mass is 9.97. The summed E-state index contributed by atoms with van der Waals surface area (Å²) < 4.78 is 0. The zero-order chi connectivity index (χ0) is 15.7. The number of hydrogen-bond donors (Lipinski definition) is 2. The monoisotopic (exact) mass is 299 g/mol. The normalized spacial score (nSPS) is 18.4.